The highest BCUT2D eigenvalue weighted by molar-refractivity contribution is 14.1. The van der Waals surface area contributed by atoms with Gasteiger partial charge in [-0.2, -0.15) is 13.2 Å². The van der Waals surface area contributed by atoms with Crippen LogP contribution in [0.5, 0.6) is 5.75 Å². The Balaban J connectivity index is 2.35. The molecule has 14 heavy (non-hydrogen) atoms. The maximum absolute atomic E-state index is 11.7. The Hall–Kier alpha value is -0.460. The van der Waals surface area contributed by atoms with Gasteiger partial charge in [-0.15, -0.1) is 0 Å². The van der Waals surface area contributed by atoms with Crippen LogP contribution in [0.4, 0.5) is 13.2 Å². The highest BCUT2D eigenvalue weighted by Gasteiger charge is 2.26. The molecule has 0 aliphatic carbocycles. The van der Waals surface area contributed by atoms with Crippen LogP contribution in [-0.4, -0.2) is 12.8 Å². The van der Waals surface area contributed by atoms with Gasteiger partial charge < -0.3 is 4.74 Å². The Bertz CT molecular complexity index is 281. The predicted molar refractivity (Wildman–Crippen MR) is 55.3 cm³/mol. The molecule has 0 aromatic heterocycles. The lowest BCUT2D eigenvalue weighted by molar-refractivity contribution is -0.139. The molecule has 5 heteroatoms. The van der Waals surface area contributed by atoms with Crippen molar-refractivity contribution in [3.05, 3.63) is 27.8 Å². The van der Waals surface area contributed by atoms with Crippen molar-refractivity contribution < 1.29 is 17.9 Å². The Morgan fingerprint density at radius 1 is 1.14 bits per heavy atom. The first-order valence-corrected chi connectivity index (χ1v) is 5.00. The summed E-state index contributed by atoms with van der Waals surface area (Å²) in [7, 11) is 0. The van der Waals surface area contributed by atoms with E-state index in [9.17, 15) is 13.2 Å². The molecule has 0 bridgehead atoms. The number of ether oxygens (including phenoxy) is 1. The first kappa shape index (κ1) is 11.6. The van der Waals surface area contributed by atoms with E-state index >= 15 is 0 Å². The Kier molecular flexibility index (Phi) is 4.03. The van der Waals surface area contributed by atoms with Crippen LogP contribution < -0.4 is 4.74 Å². The minimum absolute atomic E-state index is 0.329. The fourth-order valence-electron chi connectivity index (χ4n) is 0.815. The number of alkyl halides is 3. The summed E-state index contributed by atoms with van der Waals surface area (Å²) < 4.78 is 41.2. The van der Waals surface area contributed by atoms with E-state index in [1.807, 2.05) is 0 Å². The number of benzene rings is 1. The van der Waals surface area contributed by atoms with Crippen molar-refractivity contribution in [1.82, 2.24) is 0 Å². The Morgan fingerprint density at radius 2 is 1.71 bits per heavy atom. The number of rotatable bonds is 3. The zero-order chi connectivity index (χ0) is 10.6. The summed E-state index contributed by atoms with van der Waals surface area (Å²) in [4.78, 5) is 0. The average Bonchev–Trinajstić information content (AvgIpc) is 2.06. The van der Waals surface area contributed by atoms with Gasteiger partial charge in [-0.3, -0.25) is 0 Å². The molecule has 0 fully saturated rings. The largest absolute Gasteiger partial charge is 0.493 e. The Morgan fingerprint density at radius 3 is 2.21 bits per heavy atom. The molecule has 0 aliphatic rings. The van der Waals surface area contributed by atoms with Crippen molar-refractivity contribution >= 4 is 22.6 Å². The van der Waals surface area contributed by atoms with Crippen LogP contribution in [0.15, 0.2) is 24.3 Å². The molecular weight excluding hydrogens is 308 g/mol. The molecule has 1 aromatic rings. The zero-order valence-electron chi connectivity index (χ0n) is 7.14. The molecule has 78 valence electrons. The number of hydrogen-bond acceptors (Lipinski definition) is 1. The van der Waals surface area contributed by atoms with Crippen LogP contribution in [0.3, 0.4) is 0 Å². The third kappa shape index (κ3) is 4.69. The second-order valence-corrected chi connectivity index (χ2v) is 3.91. The van der Waals surface area contributed by atoms with Crippen molar-refractivity contribution in [2.45, 2.75) is 12.6 Å². The van der Waals surface area contributed by atoms with E-state index in [1.54, 1.807) is 24.3 Å². The molecule has 1 rings (SSSR count). The summed E-state index contributed by atoms with van der Waals surface area (Å²) in [6.07, 6.45) is -5.07. The zero-order valence-corrected chi connectivity index (χ0v) is 9.30. The number of halogens is 4. The molecule has 0 unspecified atom stereocenters. The first-order valence-electron chi connectivity index (χ1n) is 3.92. The SMILES string of the molecule is FC(F)(F)CCOc1ccc(I)cc1. The van der Waals surface area contributed by atoms with Crippen LogP contribution in [0.2, 0.25) is 0 Å². The average molecular weight is 316 g/mol. The van der Waals surface area contributed by atoms with Gasteiger partial charge >= 0.3 is 6.18 Å². The second kappa shape index (κ2) is 4.86. The van der Waals surface area contributed by atoms with Gasteiger partial charge in [-0.1, -0.05) is 0 Å². The molecule has 0 spiro atoms. The highest BCUT2D eigenvalue weighted by atomic mass is 127. The summed E-state index contributed by atoms with van der Waals surface area (Å²) in [6, 6.07) is 6.86. The van der Waals surface area contributed by atoms with Crippen LogP contribution in [0.25, 0.3) is 0 Å². The molecule has 1 aromatic carbocycles. The topological polar surface area (TPSA) is 9.23 Å². The summed E-state index contributed by atoms with van der Waals surface area (Å²) >= 11 is 2.11. The molecule has 1 nitrogen and oxygen atoms in total. The van der Waals surface area contributed by atoms with E-state index in [4.69, 9.17) is 4.74 Å². The summed E-state index contributed by atoms with van der Waals surface area (Å²) in [6.45, 7) is -0.329. The predicted octanol–water partition coefficient (Wildman–Crippen LogP) is 3.62. The van der Waals surface area contributed by atoms with Crippen LogP contribution in [0, 0.1) is 3.57 Å². The van der Waals surface area contributed by atoms with Crippen molar-refractivity contribution in [2.24, 2.45) is 0 Å². The molecule has 0 N–H and O–H groups in total. The van der Waals surface area contributed by atoms with Crippen molar-refractivity contribution in [1.29, 1.82) is 0 Å². The lowest BCUT2D eigenvalue weighted by atomic mass is 10.3. The van der Waals surface area contributed by atoms with Gasteiger partial charge in [-0.25, -0.2) is 0 Å². The summed E-state index contributed by atoms with van der Waals surface area (Å²) in [5.74, 6) is 0.467. The van der Waals surface area contributed by atoms with Crippen molar-refractivity contribution in [2.75, 3.05) is 6.61 Å². The summed E-state index contributed by atoms with van der Waals surface area (Å²) in [5, 5.41) is 0. The first-order chi connectivity index (χ1) is 6.47. The van der Waals surface area contributed by atoms with Crippen LogP contribution >= 0.6 is 22.6 Å². The van der Waals surface area contributed by atoms with Crippen molar-refractivity contribution in [3.63, 3.8) is 0 Å². The van der Waals surface area contributed by atoms with Gasteiger partial charge in [0.25, 0.3) is 0 Å². The molecular formula is C9H8F3IO. The van der Waals surface area contributed by atoms with Crippen LogP contribution in [-0.2, 0) is 0 Å². The molecule has 0 heterocycles. The molecule has 0 saturated heterocycles. The van der Waals surface area contributed by atoms with E-state index in [-0.39, 0.29) is 6.61 Å². The maximum atomic E-state index is 11.7. The lowest BCUT2D eigenvalue weighted by Gasteiger charge is -2.08. The fourth-order valence-corrected chi connectivity index (χ4v) is 1.18. The van der Waals surface area contributed by atoms with E-state index < -0.39 is 12.6 Å². The van der Waals surface area contributed by atoms with Gasteiger partial charge in [0.05, 0.1) is 13.0 Å². The monoisotopic (exact) mass is 316 g/mol. The maximum Gasteiger partial charge on any atom is 0.392 e. The molecule has 0 amide bonds. The van der Waals surface area contributed by atoms with E-state index in [1.165, 1.54) is 0 Å². The standard InChI is InChI=1S/C9H8F3IO/c10-9(11,12)5-6-14-8-3-1-7(13)2-4-8/h1-4H,5-6H2. The fraction of sp³-hybridized carbons (Fsp3) is 0.333. The molecule has 0 radical (unpaired) electrons. The highest BCUT2D eigenvalue weighted by Crippen LogP contribution is 2.20. The van der Waals surface area contributed by atoms with E-state index in [0.29, 0.717) is 5.75 Å². The molecule has 0 aliphatic heterocycles. The van der Waals surface area contributed by atoms with E-state index in [0.717, 1.165) is 3.57 Å². The van der Waals surface area contributed by atoms with Gasteiger partial charge in [0, 0.05) is 3.57 Å². The summed E-state index contributed by atoms with van der Waals surface area (Å²) in [5.41, 5.74) is 0. The third-order valence-electron chi connectivity index (χ3n) is 1.47. The van der Waals surface area contributed by atoms with Crippen LogP contribution in [0.1, 0.15) is 6.42 Å². The third-order valence-corrected chi connectivity index (χ3v) is 2.19. The smallest absolute Gasteiger partial charge is 0.392 e. The number of hydrogen-bond donors (Lipinski definition) is 0. The second-order valence-electron chi connectivity index (χ2n) is 2.67. The minimum atomic E-state index is -4.15. The van der Waals surface area contributed by atoms with Gasteiger partial charge in [0.2, 0.25) is 0 Å². The normalized spacial score (nSPS) is 11.4. The Labute approximate surface area is 93.4 Å². The quantitative estimate of drug-likeness (QED) is 0.774. The van der Waals surface area contributed by atoms with E-state index in [2.05, 4.69) is 22.6 Å². The van der Waals surface area contributed by atoms with Gasteiger partial charge in [-0.05, 0) is 46.9 Å². The van der Waals surface area contributed by atoms with Gasteiger partial charge in [0.15, 0.2) is 0 Å². The molecule has 0 atom stereocenters. The molecule has 0 saturated carbocycles. The minimum Gasteiger partial charge on any atom is -0.493 e. The van der Waals surface area contributed by atoms with Gasteiger partial charge in [0.1, 0.15) is 5.75 Å². The van der Waals surface area contributed by atoms with Crippen molar-refractivity contribution in [3.8, 4) is 5.75 Å². The lowest BCUT2D eigenvalue weighted by Crippen LogP contribution is -2.12.